The van der Waals surface area contributed by atoms with Crippen LogP contribution in [0, 0.1) is 12.8 Å². The van der Waals surface area contributed by atoms with Crippen molar-refractivity contribution in [1.29, 1.82) is 0 Å². The molecule has 0 radical (unpaired) electrons. The van der Waals surface area contributed by atoms with Crippen molar-refractivity contribution in [2.75, 3.05) is 6.54 Å². The fourth-order valence-corrected chi connectivity index (χ4v) is 2.94. The van der Waals surface area contributed by atoms with Crippen LogP contribution >= 0.6 is 0 Å². The number of nitrogens with one attached hydrogen (secondary N) is 2. The number of aryl methyl sites for hydroxylation is 1. The second kappa shape index (κ2) is 6.63. The van der Waals surface area contributed by atoms with Crippen molar-refractivity contribution in [2.24, 2.45) is 5.92 Å². The summed E-state index contributed by atoms with van der Waals surface area (Å²) in [5.41, 5.74) is 2.80. The van der Waals surface area contributed by atoms with Gasteiger partial charge in [-0.05, 0) is 55.7 Å². The van der Waals surface area contributed by atoms with Crippen LogP contribution < -0.4 is 10.6 Å². The monoisotopic (exact) mass is 349 g/mol. The molecular weight excluding hydrogens is 330 g/mol. The normalized spacial score (nSPS) is 18.5. The molecule has 0 spiro atoms. The summed E-state index contributed by atoms with van der Waals surface area (Å²) < 4.78 is 5.28. The number of fused-ring (bicyclic) bond motifs is 1. The maximum absolute atomic E-state index is 12.4. The van der Waals surface area contributed by atoms with Crippen molar-refractivity contribution < 1.29 is 14.0 Å². The maximum atomic E-state index is 12.4. The Bertz CT molecular complexity index is 962. The number of furan rings is 1. The van der Waals surface area contributed by atoms with Gasteiger partial charge in [-0.25, -0.2) is 0 Å². The molecule has 3 aromatic rings. The molecule has 26 heavy (non-hydrogen) atoms. The molecule has 6 heteroatoms. The summed E-state index contributed by atoms with van der Waals surface area (Å²) in [6.45, 7) is 2.42. The number of nitrogens with zero attached hydrogens (tertiary/aromatic N) is 1. The van der Waals surface area contributed by atoms with E-state index in [9.17, 15) is 9.59 Å². The van der Waals surface area contributed by atoms with Crippen molar-refractivity contribution in [1.82, 2.24) is 15.6 Å². The minimum absolute atomic E-state index is 0.0963. The highest BCUT2D eigenvalue weighted by Gasteiger charge is 2.38. The fraction of sp³-hybridized carbons (Fsp3) is 0.250. The third-order valence-corrected chi connectivity index (χ3v) is 4.65. The van der Waals surface area contributed by atoms with Crippen LogP contribution in [-0.4, -0.2) is 29.4 Å². The molecule has 4 rings (SSSR count). The first-order valence-corrected chi connectivity index (χ1v) is 8.59. The third-order valence-electron chi connectivity index (χ3n) is 4.65. The predicted octanol–water partition coefficient (Wildman–Crippen LogP) is 2.68. The number of hydrogen-bond acceptors (Lipinski definition) is 4. The zero-order chi connectivity index (χ0) is 18.1. The molecule has 2 unspecified atom stereocenters. The minimum atomic E-state index is -0.139. The minimum Gasteiger partial charge on any atom is -0.464 e. The largest absolute Gasteiger partial charge is 0.464 e. The average molecular weight is 349 g/mol. The van der Waals surface area contributed by atoms with Crippen LogP contribution in [0.2, 0.25) is 0 Å². The van der Waals surface area contributed by atoms with Gasteiger partial charge in [-0.3, -0.25) is 14.6 Å². The van der Waals surface area contributed by atoms with Gasteiger partial charge in [0.05, 0.1) is 11.8 Å². The van der Waals surface area contributed by atoms with Gasteiger partial charge >= 0.3 is 0 Å². The maximum Gasteiger partial charge on any atom is 0.252 e. The molecule has 1 fully saturated rings. The van der Waals surface area contributed by atoms with E-state index in [-0.39, 0.29) is 23.8 Å². The number of amides is 2. The number of hydrogen-bond donors (Lipinski definition) is 2. The molecule has 0 saturated heterocycles. The van der Waals surface area contributed by atoms with Crippen LogP contribution in [0.1, 0.15) is 32.8 Å². The zero-order valence-electron chi connectivity index (χ0n) is 14.4. The summed E-state index contributed by atoms with van der Waals surface area (Å²) in [6, 6.07) is 10.9. The second-order valence-electron chi connectivity index (χ2n) is 6.65. The van der Waals surface area contributed by atoms with Crippen LogP contribution in [0.4, 0.5) is 0 Å². The SMILES string of the molecule is Cc1ccc(C(=O)NCC2CC2NC(=O)c2ccc3occc3c2)cn1. The highest BCUT2D eigenvalue weighted by atomic mass is 16.3. The lowest BCUT2D eigenvalue weighted by molar-refractivity contribution is 0.0949. The van der Waals surface area contributed by atoms with E-state index >= 15 is 0 Å². The third kappa shape index (κ3) is 3.44. The molecule has 1 aliphatic carbocycles. The van der Waals surface area contributed by atoms with Gasteiger partial charge in [-0.2, -0.15) is 0 Å². The second-order valence-corrected chi connectivity index (χ2v) is 6.65. The van der Waals surface area contributed by atoms with E-state index in [1.165, 1.54) is 0 Å². The number of carbonyl (C=O) groups is 2. The molecule has 6 nitrogen and oxygen atoms in total. The number of benzene rings is 1. The number of carbonyl (C=O) groups excluding carboxylic acids is 2. The molecule has 2 N–H and O–H groups in total. The quantitative estimate of drug-likeness (QED) is 0.742. The van der Waals surface area contributed by atoms with E-state index in [4.69, 9.17) is 4.42 Å². The lowest BCUT2D eigenvalue weighted by Crippen LogP contribution is -2.31. The number of pyridine rings is 1. The van der Waals surface area contributed by atoms with E-state index in [0.717, 1.165) is 23.1 Å². The van der Waals surface area contributed by atoms with Crippen molar-refractivity contribution >= 4 is 22.8 Å². The van der Waals surface area contributed by atoms with Crippen LogP contribution in [0.3, 0.4) is 0 Å². The molecular formula is C20H19N3O3. The molecule has 132 valence electrons. The smallest absolute Gasteiger partial charge is 0.252 e. The Morgan fingerprint density at radius 3 is 2.81 bits per heavy atom. The van der Waals surface area contributed by atoms with Gasteiger partial charge in [0.15, 0.2) is 0 Å². The van der Waals surface area contributed by atoms with Gasteiger partial charge in [0, 0.05) is 35.4 Å². The molecule has 0 bridgehead atoms. The van der Waals surface area contributed by atoms with Crippen LogP contribution in [0.15, 0.2) is 53.3 Å². The first-order valence-electron chi connectivity index (χ1n) is 8.59. The highest BCUT2D eigenvalue weighted by molar-refractivity contribution is 5.98. The van der Waals surface area contributed by atoms with Crippen molar-refractivity contribution in [3.63, 3.8) is 0 Å². The Morgan fingerprint density at radius 2 is 2.00 bits per heavy atom. The van der Waals surface area contributed by atoms with E-state index in [1.807, 2.05) is 25.1 Å². The van der Waals surface area contributed by atoms with E-state index in [1.54, 1.807) is 30.7 Å². The molecule has 1 aromatic carbocycles. The van der Waals surface area contributed by atoms with Gasteiger partial charge < -0.3 is 15.1 Å². The fourth-order valence-electron chi connectivity index (χ4n) is 2.94. The molecule has 2 atom stereocenters. The summed E-state index contributed by atoms with van der Waals surface area (Å²) in [5.74, 6) is 0.0218. The van der Waals surface area contributed by atoms with Crippen molar-refractivity contribution in [2.45, 2.75) is 19.4 Å². The average Bonchev–Trinajstić information content (AvgIpc) is 3.21. The van der Waals surface area contributed by atoms with E-state index < -0.39 is 0 Å². The summed E-state index contributed by atoms with van der Waals surface area (Å²) >= 11 is 0. The van der Waals surface area contributed by atoms with E-state index in [0.29, 0.717) is 17.7 Å². The Labute approximate surface area is 150 Å². The Hall–Kier alpha value is -3.15. The summed E-state index contributed by atoms with van der Waals surface area (Å²) in [5, 5.41) is 6.82. The van der Waals surface area contributed by atoms with Crippen LogP contribution in [0.25, 0.3) is 11.0 Å². The first kappa shape index (κ1) is 16.3. The molecule has 1 saturated carbocycles. The highest BCUT2D eigenvalue weighted by Crippen LogP contribution is 2.30. The van der Waals surface area contributed by atoms with Gasteiger partial charge in [-0.1, -0.05) is 0 Å². The van der Waals surface area contributed by atoms with Gasteiger partial charge in [0.2, 0.25) is 0 Å². The van der Waals surface area contributed by atoms with Crippen LogP contribution in [0.5, 0.6) is 0 Å². The standard InChI is InChI=1S/C20H19N3O3/c1-12-2-3-15(10-21-12)19(24)22-11-16-9-17(16)23-20(25)14-4-5-18-13(8-14)6-7-26-18/h2-8,10,16-17H,9,11H2,1H3,(H,22,24)(H,23,25). The molecule has 1 aliphatic rings. The lowest BCUT2D eigenvalue weighted by atomic mass is 10.1. The van der Waals surface area contributed by atoms with Gasteiger partial charge in [0.25, 0.3) is 11.8 Å². The Kier molecular flexibility index (Phi) is 4.16. The summed E-state index contributed by atoms with van der Waals surface area (Å²) in [6.07, 6.45) is 4.05. The number of aromatic nitrogens is 1. The topological polar surface area (TPSA) is 84.2 Å². The van der Waals surface area contributed by atoms with Crippen LogP contribution in [-0.2, 0) is 0 Å². The van der Waals surface area contributed by atoms with Gasteiger partial charge in [-0.15, -0.1) is 0 Å². The summed E-state index contributed by atoms with van der Waals surface area (Å²) in [7, 11) is 0. The summed E-state index contributed by atoms with van der Waals surface area (Å²) in [4.78, 5) is 28.6. The van der Waals surface area contributed by atoms with Crippen molar-refractivity contribution in [3.8, 4) is 0 Å². The number of rotatable bonds is 5. The Morgan fingerprint density at radius 1 is 1.15 bits per heavy atom. The van der Waals surface area contributed by atoms with E-state index in [2.05, 4.69) is 15.6 Å². The van der Waals surface area contributed by atoms with Crippen molar-refractivity contribution in [3.05, 3.63) is 65.7 Å². The zero-order valence-corrected chi connectivity index (χ0v) is 14.4. The molecule has 2 aromatic heterocycles. The lowest BCUT2D eigenvalue weighted by Gasteiger charge is -2.07. The molecule has 2 heterocycles. The molecule has 0 aliphatic heterocycles. The Balaban J connectivity index is 1.28. The molecule has 2 amide bonds. The first-order chi connectivity index (χ1) is 12.6. The predicted molar refractivity (Wildman–Crippen MR) is 96.9 cm³/mol. The van der Waals surface area contributed by atoms with Gasteiger partial charge in [0.1, 0.15) is 5.58 Å².